The summed E-state index contributed by atoms with van der Waals surface area (Å²) in [7, 11) is 0. The van der Waals surface area contributed by atoms with Crippen LogP contribution in [0.25, 0.3) is 0 Å². The molecule has 1 aromatic rings. The predicted octanol–water partition coefficient (Wildman–Crippen LogP) is 1.58. The molecule has 0 aromatic heterocycles. The summed E-state index contributed by atoms with van der Waals surface area (Å²) in [4.78, 5) is 16.7. The number of para-hydroxylation sites is 1. The minimum atomic E-state index is -0.240. The summed E-state index contributed by atoms with van der Waals surface area (Å²) < 4.78 is 0. The Morgan fingerprint density at radius 1 is 1.17 bits per heavy atom. The third-order valence-electron chi connectivity index (χ3n) is 4.44. The van der Waals surface area contributed by atoms with E-state index in [0.29, 0.717) is 6.54 Å². The van der Waals surface area contributed by atoms with Crippen molar-refractivity contribution in [2.45, 2.75) is 32.8 Å². The molecule has 0 spiro atoms. The highest BCUT2D eigenvalue weighted by atomic mass is 16.3. The van der Waals surface area contributed by atoms with E-state index in [1.165, 1.54) is 5.56 Å². The van der Waals surface area contributed by atoms with Crippen LogP contribution >= 0.6 is 0 Å². The van der Waals surface area contributed by atoms with Gasteiger partial charge in [0.25, 0.3) is 0 Å². The second-order valence-electron chi connectivity index (χ2n) is 6.20. The number of nitrogens with one attached hydrogen (secondary N) is 1. The van der Waals surface area contributed by atoms with Crippen LogP contribution in [0, 0.1) is 0 Å². The zero-order valence-corrected chi connectivity index (χ0v) is 14.3. The first-order valence-electron chi connectivity index (χ1n) is 8.62. The molecule has 5 nitrogen and oxygen atoms in total. The minimum Gasteiger partial charge on any atom is -0.392 e. The standard InChI is InChI=1S/C18H29N3O2/c1-3-15-7-5-6-8-17(15)19-18(23)14-21-11-9-20(10-12-21)13-16(22)4-2/h5-8,16,22H,3-4,9-14H2,1-2H3,(H,19,23). The summed E-state index contributed by atoms with van der Waals surface area (Å²) in [6.45, 7) is 8.83. The maximum absolute atomic E-state index is 12.2. The van der Waals surface area contributed by atoms with Crippen molar-refractivity contribution in [1.29, 1.82) is 0 Å². The van der Waals surface area contributed by atoms with Gasteiger partial charge in [0, 0.05) is 38.4 Å². The Bertz CT molecular complexity index is 499. The molecule has 1 heterocycles. The van der Waals surface area contributed by atoms with Gasteiger partial charge in [-0.25, -0.2) is 0 Å². The molecule has 1 aliphatic rings. The van der Waals surface area contributed by atoms with E-state index < -0.39 is 0 Å². The van der Waals surface area contributed by atoms with Crippen LogP contribution in [0.3, 0.4) is 0 Å². The van der Waals surface area contributed by atoms with E-state index in [4.69, 9.17) is 0 Å². The third kappa shape index (κ3) is 5.61. The number of rotatable bonds is 7. The van der Waals surface area contributed by atoms with Gasteiger partial charge in [0.15, 0.2) is 0 Å². The van der Waals surface area contributed by atoms with E-state index in [-0.39, 0.29) is 12.0 Å². The van der Waals surface area contributed by atoms with Crippen molar-refractivity contribution in [1.82, 2.24) is 9.80 Å². The van der Waals surface area contributed by atoms with Gasteiger partial charge in [-0.2, -0.15) is 0 Å². The number of amides is 1. The third-order valence-corrected chi connectivity index (χ3v) is 4.44. The summed E-state index contributed by atoms with van der Waals surface area (Å²) in [6, 6.07) is 7.96. The number of hydrogen-bond acceptors (Lipinski definition) is 4. The van der Waals surface area contributed by atoms with Crippen molar-refractivity contribution < 1.29 is 9.90 Å². The molecule has 1 saturated heterocycles. The summed E-state index contributed by atoms with van der Waals surface area (Å²) in [5, 5.41) is 12.7. The van der Waals surface area contributed by atoms with Gasteiger partial charge in [0.2, 0.25) is 5.91 Å². The molecule has 128 valence electrons. The highest BCUT2D eigenvalue weighted by molar-refractivity contribution is 5.93. The Labute approximate surface area is 139 Å². The lowest BCUT2D eigenvalue weighted by molar-refractivity contribution is -0.117. The zero-order valence-electron chi connectivity index (χ0n) is 14.3. The number of nitrogens with zero attached hydrogens (tertiary/aromatic N) is 2. The van der Waals surface area contributed by atoms with E-state index in [9.17, 15) is 9.90 Å². The molecule has 1 fully saturated rings. The molecule has 1 unspecified atom stereocenters. The first-order valence-corrected chi connectivity index (χ1v) is 8.62. The SMILES string of the molecule is CCc1ccccc1NC(=O)CN1CCN(CC(O)CC)CC1. The predicted molar refractivity (Wildman–Crippen MR) is 93.6 cm³/mol. The molecule has 0 bridgehead atoms. The normalized spacial score (nSPS) is 17.9. The van der Waals surface area contributed by atoms with Crippen LogP contribution in [0.1, 0.15) is 25.8 Å². The number of aliphatic hydroxyl groups is 1. The number of β-amino-alcohol motifs (C(OH)–C–C–N with tert-alkyl or cyclic N) is 1. The molecule has 23 heavy (non-hydrogen) atoms. The monoisotopic (exact) mass is 319 g/mol. The van der Waals surface area contributed by atoms with Gasteiger partial charge in [0.1, 0.15) is 0 Å². The van der Waals surface area contributed by atoms with E-state index in [1.54, 1.807) is 0 Å². The van der Waals surface area contributed by atoms with Crippen molar-refractivity contribution in [3.05, 3.63) is 29.8 Å². The molecule has 2 N–H and O–H groups in total. The Morgan fingerprint density at radius 3 is 2.48 bits per heavy atom. The quantitative estimate of drug-likeness (QED) is 0.801. The van der Waals surface area contributed by atoms with Crippen LogP contribution < -0.4 is 5.32 Å². The fraction of sp³-hybridized carbons (Fsp3) is 0.611. The van der Waals surface area contributed by atoms with Gasteiger partial charge in [-0.1, -0.05) is 32.0 Å². The molecule has 5 heteroatoms. The highest BCUT2D eigenvalue weighted by Gasteiger charge is 2.20. The largest absolute Gasteiger partial charge is 0.392 e. The first kappa shape index (κ1) is 17.9. The van der Waals surface area contributed by atoms with Crippen LogP contribution in [-0.2, 0) is 11.2 Å². The first-order chi connectivity index (χ1) is 11.1. The Morgan fingerprint density at radius 2 is 1.83 bits per heavy atom. The molecule has 0 radical (unpaired) electrons. The summed E-state index contributed by atoms with van der Waals surface area (Å²) >= 11 is 0. The summed E-state index contributed by atoms with van der Waals surface area (Å²) in [5.74, 6) is 0.0490. The topological polar surface area (TPSA) is 55.8 Å². The van der Waals surface area contributed by atoms with Gasteiger partial charge in [-0.05, 0) is 24.5 Å². The zero-order chi connectivity index (χ0) is 16.7. The molecule has 0 aliphatic carbocycles. The average Bonchev–Trinajstić information content (AvgIpc) is 2.57. The number of hydrogen-bond donors (Lipinski definition) is 2. The number of aliphatic hydroxyl groups excluding tert-OH is 1. The van der Waals surface area contributed by atoms with Crippen LogP contribution in [0.2, 0.25) is 0 Å². The Kier molecular flexibility index (Phi) is 7.02. The Balaban J connectivity index is 1.76. The summed E-state index contributed by atoms with van der Waals surface area (Å²) in [6.07, 6.45) is 1.46. The van der Waals surface area contributed by atoms with Crippen LogP contribution in [0.5, 0.6) is 0 Å². The fourth-order valence-electron chi connectivity index (χ4n) is 2.90. The highest BCUT2D eigenvalue weighted by Crippen LogP contribution is 2.15. The van der Waals surface area contributed by atoms with Crippen LogP contribution in [0.4, 0.5) is 5.69 Å². The van der Waals surface area contributed by atoms with E-state index in [1.807, 2.05) is 31.2 Å². The van der Waals surface area contributed by atoms with Crippen LogP contribution in [-0.4, -0.2) is 66.2 Å². The maximum atomic E-state index is 12.2. The number of benzene rings is 1. The molecule has 1 atom stereocenters. The lowest BCUT2D eigenvalue weighted by Gasteiger charge is -2.35. The number of aryl methyl sites for hydroxylation is 1. The van der Waals surface area contributed by atoms with Gasteiger partial charge in [0.05, 0.1) is 12.6 Å². The summed E-state index contributed by atoms with van der Waals surface area (Å²) in [5.41, 5.74) is 2.09. The number of anilines is 1. The maximum Gasteiger partial charge on any atom is 0.238 e. The smallest absolute Gasteiger partial charge is 0.238 e. The van der Waals surface area contributed by atoms with E-state index in [0.717, 1.165) is 51.3 Å². The van der Waals surface area contributed by atoms with Crippen molar-refractivity contribution >= 4 is 11.6 Å². The van der Waals surface area contributed by atoms with Crippen molar-refractivity contribution in [3.63, 3.8) is 0 Å². The van der Waals surface area contributed by atoms with Gasteiger partial charge in [-0.15, -0.1) is 0 Å². The van der Waals surface area contributed by atoms with Crippen molar-refractivity contribution in [2.24, 2.45) is 0 Å². The second kappa shape index (κ2) is 9.01. The van der Waals surface area contributed by atoms with E-state index in [2.05, 4.69) is 22.0 Å². The molecular weight excluding hydrogens is 290 g/mol. The second-order valence-corrected chi connectivity index (χ2v) is 6.20. The number of carbonyl (C=O) groups is 1. The fourth-order valence-corrected chi connectivity index (χ4v) is 2.90. The molecule has 2 rings (SSSR count). The van der Waals surface area contributed by atoms with Gasteiger partial charge >= 0.3 is 0 Å². The lowest BCUT2D eigenvalue weighted by atomic mass is 10.1. The van der Waals surface area contributed by atoms with Gasteiger partial charge in [-0.3, -0.25) is 14.6 Å². The average molecular weight is 319 g/mol. The molecule has 1 aromatic carbocycles. The lowest BCUT2D eigenvalue weighted by Crippen LogP contribution is -2.50. The molecule has 0 saturated carbocycles. The minimum absolute atomic E-state index is 0.0490. The Hall–Kier alpha value is -1.43. The van der Waals surface area contributed by atoms with Gasteiger partial charge < -0.3 is 10.4 Å². The molecule has 1 aliphatic heterocycles. The molecule has 1 amide bonds. The van der Waals surface area contributed by atoms with Crippen molar-refractivity contribution in [3.8, 4) is 0 Å². The van der Waals surface area contributed by atoms with E-state index >= 15 is 0 Å². The molecular formula is C18H29N3O2. The van der Waals surface area contributed by atoms with Crippen LogP contribution in [0.15, 0.2) is 24.3 Å². The number of carbonyl (C=O) groups excluding carboxylic acids is 1. The number of piperazine rings is 1. The van der Waals surface area contributed by atoms with Crippen molar-refractivity contribution in [2.75, 3.05) is 44.6 Å².